The minimum atomic E-state index is 0.470. The van der Waals surface area contributed by atoms with Crippen LogP contribution in [0.25, 0.3) is 0 Å². The second-order valence-electron chi connectivity index (χ2n) is 6.67. The molecule has 2 unspecified atom stereocenters. The molecule has 2 nitrogen and oxygen atoms in total. The zero-order valence-electron chi connectivity index (χ0n) is 12.0. The quantitative estimate of drug-likeness (QED) is 0.775. The van der Waals surface area contributed by atoms with Gasteiger partial charge in [-0.2, -0.15) is 0 Å². The fourth-order valence-electron chi connectivity index (χ4n) is 3.44. The highest BCUT2D eigenvalue weighted by molar-refractivity contribution is 4.96. The lowest BCUT2D eigenvalue weighted by Gasteiger charge is -2.32. The first kappa shape index (κ1) is 14.0. The van der Waals surface area contributed by atoms with Crippen LogP contribution in [-0.4, -0.2) is 38.1 Å². The Morgan fingerprint density at radius 3 is 2.50 bits per heavy atom. The molecule has 2 atom stereocenters. The summed E-state index contributed by atoms with van der Waals surface area (Å²) in [7, 11) is 4.38. The highest BCUT2D eigenvalue weighted by atomic mass is 15.1. The first-order valence-corrected chi connectivity index (χ1v) is 6.72. The number of hydrogen-bond acceptors (Lipinski definition) is 2. The molecule has 1 N–H and O–H groups in total. The second-order valence-corrected chi connectivity index (χ2v) is 6.67. The topological polar surface area (TPSA) is 15.3 Å². The summed E-state index contributed by atoms with van der Waals surface area (Å²) in [5.74, 6) is 1.59. The molecule has 0 aliphatic heterocycles. The van der Waals surface area contributed by atoms with Gasteiger partial charge in [0.15, 0.2) is 0 Å². The lowest BCUT2D eigenvalue weighted by molar-refractivity contribution is 0.200. The van der Waals surface area contributed by atoms with Gasteiger partial charge in [-0.15, -0.1) is 0 Å². The van der Waals surface area contributed by atoms with Gasteiger partial charge in [-0.25, -0.2) is 0 Å². The van der Waals surface area contributed by atoms with E-state index in [4.69, 9.17) is 0 Å². The van der Waals surface area contributed by atoms with Crippen molar-refractivity contribution in [3.8, 4) is 0 Å². The van der Waals surface area contributed by atoms with Gasteiger partial charge in [-0.05, 0) is 44.2 Å². The van der Waals surface area contributed by atoms with Crippen LogP contribution in [0.3, 0.4) is 0 Å². The number of nitrogens with zero attached hydrogens (tertiary/aromatic N) is 1. The molecule has 1 aliphatic rings. The molecule has 0 amide bonds. The van der Waals surface area contributed by atoms with Gasteiger partial charge in [0.25, 0.3) is 0 Å². The molecule has 2 heteroatoms. The monoisotopic (exact) mass is 226 g/mol. The molecule has 0 aromatic rings. The Morgan fingerprint density at radius 1 is 1.38 bits per heavy atom. The first-order chi connectivity index (χ1) is 7.36. The fourth-order valence-corrected chi connectivity index (χ4v) is 3.44. The maximum atomic E-state index is 3.54. The molecule has 0 aromatic carbocycles. The van der Waals surface area contributed by atoms with Crippen molar-refractivity contribution in [1.82, 2.24) is 10.2 Å². The molecular formula is C14H30N2. The average Bonchev–Trinajstić information content (AvgIpc) is 2.39. The summed E-state index contributed by atoms with van der Waals surface area (Å²) in [4.78, 5) is 2.50. The highest BCUT2D eigenvalue weighted by Gasteiger charge is 2.40. The summed E-state index contributed by atoms with van der Waals surface area (Å²) in [5.41, 5.74) is 0.470. The molecule has 0 spiro atoms. The normalized spacial score (nSPS) is 29.2. The predicted octanol–water partition coefficient (Wildman–Crippen LogP) is 2.60. The van der Waals surface area contributed by atoms with Crippen molar-refractivity contribution in [2.24, 2.45) is 17.3 Å². The average molecular weight is 226 g/mol. The molecule has 1 aliphatic carbocycles. The largest absolute Gasteiger partial charge is 0.316 e. The van der Waals surface area contributed by atoms with Crippen LogP contribution in [0.15, 0.2) is 0 Å². The number of hydrogen-bond donors (Lipinski definition) is 1. The number of nitrogens with one attached hydrogen (secondary N) is 1. The van der Waals surface area contributed by atoms with Gasteiger partial charge >= 0.3 is 0 Å². The molecule has 16 heavy (non-hydrogen) atoms. The summed E-state index contributed by atoms with van der Waals surface area (Å²) < 4.78 is 0. The van der Waals surface area contributed by atoms with Gasteiger partial charge in [-0.3, -0.25) is 0 Å². The van der Waals surface area contributed by atoms with E-state index in [-0.39, 0.29) is 0 Å². The third-order valence-corrected chi connectivity index (χ3v) is 4.01. The molecule has 0 bridgehead atoms. The van der Waals surface area contributed by atoms with Crippen molar-refractivity contribution < 1.29 is 0 Å². The Bertz CT molecular complexity index is 211. The van der Waals surface area contributed by atoms with Gasteiger partial charge in [0.2, 0.25) is 0 Å². The van der Waals surface area contributed by atoms with Crippen LogP contribution in [0.5, 0.6) is 0 Å². The highest BCUT2D eigenvalue weighted by Crippen LogP contribution is 2.41. The number of rotatable bonds is 5. The zero-order valence-corrected chi connectivity index (χ0v) is 12.0. The Morgan fingerprint density at radius 2 is 2.00 bits per heavy atom. The van der Waals surface area contributed by atoms with Crippen LogP contribution in [-0.2, 0) is 0 Å². The van der Waals surface area contributed by atoms with Crippen molar-refractivity contribution in [1.29, 1.82) is 0 Å². The van der Waals surface area contributed by atoms with Gasteiger partial charge < -0.3 is 10.2 Å². The van der Waals surface area contributed by atoms with Gasteiger partial charge in [-0.1, -0.05) is 27.7 Å². The van der Waals surface area contributed by atoms with Crippen LogP contribution in [0.1, 0.15) is 40.5 Å². The molecular weight excluding hydrogens is 196 g/mol. The summed E-state index contributed by atoms with van der Waals surface area (Å²) in [6, 6.07) is 0.683. The van der Waals surface area contributed by atoms with Gasteiger partial charge in [0.05, 0.1) is 0 Å². The minimum absolute atomic E-state index is 0.470. The fraction of sp³-hybridized carbons (Fsp3) is 1.00. The predicted molar refractivity (Wildman–Crippen MR) is 71.7 cm³/mol. The van der Waals surface area contributed by atoms with Crippen molar-refractivity contribution >= 4 is 0 Å². The third-order valence-electron chi connectivity index (χ3n) is 4.01. The van der Waals surface area contributed by atoms with Crippen molar-refractivity contribution in [2.75, 3.05) is 27.2 Å². The molecule has 96 valence electrons. The lowest BCUT2D eigenvalue weighted by atomic mass is 9.85. The van der Waals surface area contributed by atoms with E-state index >= 15 is 0 Å². The van der Waals surface area contributed by atoms with E-state index in [0.29, 0.717) is 11.5 Å². The Hall–Kier alpha value is -0.0800. The van der Waals surface area contributed by atoms with E-state index in [0.717, 1.165) is 11.8 Å². The van der Waals surface area contributed by atoms with Crippen molar-refractivity contribution in [3.05, 3.63) is 0 Å². The molecule has 1 rings (SSSR count). The van der Waals surface area contributed by atoms with Crippen LogP contribution in [0, 0.1) is 17.3 Å². The summed E-state index contributed by atoms with van der Waals surface area (Å²) in [6.07, 6.45) is 2.74. The maximum absolute atomic E-state index is 3.54. The SMILES string of the molecule is CNC1C(CN(C)CC(C)C)CCC1(C)C. The van der Waals surface area contributed by atoms with Crippen molar-refractivity contribution in [3.63, 3.8) is 0 Å². The van der Waals surface area contributed by atoms with Crippen LogP contribution >= 0.6 is 0 Å². The molecule has 0 aromatic heterocycles. The molecule has 0 radical (unpaired) electrons. The Balaban J connectivity index is 2.49. The minimum Gasteiger partial charge on any atom is -0.316 e. The zero-order chi connectivity index (χ0) is 12.3. The van der Waals surface area contributed by atoms with Crippen molar-refractivity contribution in [2.45, 2.75) is 46.6 Å². The van der Waals surface area contributed by atoms with Crippen LogP contribution in [0.4, 0.5) is 0 Å². The van der Waals surface area contributed by atoms with E-state index in [2.05, 4.69) is 52.0 Å². The van der Waals surface area contributed by atoms with Gasteiger partial charge in [0, 0.05) is 19.1 Å². The lowest BCUT2D eigenvalue weighted by Crippen LogP contribution is -2.43. The van der Waals surface area contributed by atoms with E-state index in [1.165, 1.54) is 25.9 Å². The molecule has 1 saturated carbocycles. The first-order valence-electron chi connectivity index (χ1n) is 6.72. The van der Waals surface area contributed by atoms with E-state index < -0.39 is 0 Å². The maximum Gasteiger partial charge on any atom is 0.0156 e. The third kappa shape index (κ3) is 3.46. The van der Waals surface area contributed by atoms with E-state index in [9.17, 15) is 0 Å². The van der Waals surface area contributed by atoms with Crippen LogP contribution < -0.4 is 5.32 Å². The Kier molecular flexibility index (Phi) is 4.81. The molecule has 1 fully saturated rings. The summed E-state index contributed by atoms with van der Waals surface area (Å²) in [6.45, 7) is 11.9. The van der Waals surface area contributed by atoms with Gasteiger partial charge in [0.1, 0.15) is 0 Å². The smallest absolute Gasteiger partial charge is 0.0156 e. The molecule has 0 heterocycles. The second kappa shape index (κ2) is 5.50. The van der Waals surface area contributed by atoms with E-state index in [1.54, 1.807) is 0 Å². The standard InChI is InChI=1S/C14H30N2/c1-11(2)9-16(6)10-12-7-8-14(3,4)13(12)15-5/h11-13,15H,7-10H2,1-6H3. The summed E-state index contributed by atoms with van der Waals surface area (Å²) >= 11 is 0. The Labute approximate surface area is 102 Å². The summed E-state index contributed by atoms with van der Waals surface area (Å²) in [5, 5.41) is 3.54. The van der Waals surface area contributed by atoms with E-state index in [1.807, 2.05) is 0 Å². The molecule has 0 saturated heterocycles. The van der Waals surface area contributed by atoms with Crippen LogP contribution in [0.2, 0.25) is 0 Å².